The first-order valence-electron chi connectivity index (χ1n) is 10.0. The van der Waals surface area contributed by atoms with E-state index in [4.69, 9.17) is 0 Å². The number of nitrogens with one attached hydrogen (secondary N) is 1. The number of alkyl halides is 3. The Labute approximate surface area is 181 Å². The molecule has 1 amide bonds. The van der Waals surface area contributed by atoms with Gasteiger partial charge in [0, 0.05) is 24.3 Å². The van der Waals surface area contributed by atoms with Gasteiger partial charge in [0.2, 0.25) is 0 Å². The Bertz CT molecular complexity index is 1090. The van der Waals surface area contributed by atoms with Gasteiger partial charge < -0.3 is 10.2 Å². The fourth-order valence-corrected chi connectivity index (χ4v) is 3.71. The minimum Gasteiger partial charge on any atom is -0.364 e. The van der Waals surface area contributed by atoms with Crippen LogP contribution in [-0.4, -0.2) is 59.4 Å². The summed E-state index contributed by atoms with van der Waals surface area (Å²) >= 11 is 0. The van der Waals surface area contributed by atoms with E-state index in [2.05, 4.69) is 30.5 Å². The number of nitrogens with zero attached hydrogens (tertiary/aromatic N) is 7. The van der Waals surface area contributed by atoms with Crippen molar-refractivity contribution in [1.29, 1.82) is 0 Å². The fourth-order valence-electron chi connectivity index (χ4n) is 3.71. The van der Waals surface area contributed by atoms with Crippen LogP contribution in [0.1, 0.15) is 41.6 Å². The number of anilines is 1. The van der Waals surface area contributed by atoms with Gasteiger partial charge in [-0.1, -0.05) is 0 Å². The Morgan fingerprint density at radius 2 is 1.91 bits per heavy atom. The largest absolute Gasteiger partial charge is 0.434 e. The van der Waals surface area contributed by atoms with E-state index in [1.54, 1.807) is 24.0 Å². The summed E-state index contributed by atoms with van der Waals surface area (Å²) in [7, 11) is 0. The first-order chi connectivity index (χ1) is 15.2. The van der Waals surface area contributed by atoms with E-state index in [1.807, 2.05) is 6.92 Å². The summed E-state index contributed by atoms with van der Waals surface area (Å²) in [4.78, 5) is 28.2. The van der Waals surface area contributed by atoms with Crippen molar-refractivity contribution in [1.82, 2.24) is 34.8 Å². The third-order valence-corrected chi connectivity index (χ3v) is 5.37. The number of aromatic nitrogens is 6. The Morgan fingerprint density at radius 3 is 2.56 bits per heavy atom. The molecule has 32 heavy (non-hydrogen) atoms. The topological polar surface area (TPSA) is 102 Å². The molecule has 0 spiro atoms. The predicted octanol–water partition coefficient (Wildman–Crippen LogP) is 2.88. The maximum Gasteiger partial charge on any atom is 0.434 e. The van der Waals surface area contributed by atoms with Crippen LogP contribution in [0, 0.1) is 6.92 Å². The second kappa shape index (κ2) is 8.52. The number of piperidine rings is 1. The van der Waals surface area contributed by atoms with Crippen molar-refractivity contribution in [3.05, 3.63) is 54.0 Å². The highest BCUT2D eigenvalue weighted by Crippen LogP contribution is 2.28. The minimum absolute atomic E-state index is 0.213. The van der Waals surface area contributed by atoms with Crippen LogP contribution in [-0.2, 0) is 6.18 Å². The van der Waals surface area contributed by atoms with E-state index in [9.17, 15) is 18.0 Å². The zero-order chi connectivity index (χ0) is 22.9. The first kappa shape index (κ1) is 21.7. The molecule has 0 radical (unpaired) electrons. The van der Waals surface area contributed by atoms with Gasteiger partial charge in [0.15, 0.2) is 11.4 Å². The molecule has 0 aromatic carbocycles. The summed E-state index contributed by atoms with van der Waals surface area (Å²) in [6.07, 6.45) is 1.67. The van der Waals surface area contributed by atoms with Crippen LogP contribution in [0.3, 0.4) is 0 Å². The predicted molar refractivity (Wildman–Crippen MR) is 108 cm³/mol. The van der Waals surface area contributed by atoms with E-state index >= 15 is 0 Å². The number of likely N-dealkylation sites (tertiary alicyclic amines) is 1. The molecule has 168 valence electrons. The van der Waals surface area contributed by atoms with Crippen LogP contribution < -0.4 is 5.32 Å². The number of aryl methyl sites for hydroxylation is 1. The highest BCUT2D eigenvalue weighted by molar-refractivity contribution is 5.96. The van der Waals surface area contributed by atoms with Gasteiger partial charge in [-0.15, -0.1) is 4.80 Å². The Balaban J connectivity index is 1.54. The first-order valence-corrected chi connectivity index (χ1v) is 10.0. The zero-order valence-electron chi connectivity index (χ0n) is 17.4. The van der Waals surface area contributed by atoms with E-state index in [0.29, 0.717) is 30.5 Å². The average Bonchev–Trinajstić information content (AvgIpc) is 3.29. The normalized spacial score (nSPS) is 19.1. The molecule has 1 fully saturated rings. The summed E-state index contributed by atoms with van der Waals surface area (Å²) in [6.45, 7) is 4.21. The SMILES string of the molecule is Cc1ccc(-n2nccn2)c(C(=O)N2CCC[C@@H](Nc3cnc(C(F)(F)F)cn3)[C@@H]2C)n1. The van der Waals surface area contributed by atoms with Crippen LogP contribution in [0.25, 0.3) is 5.69 Å². The molecule has 4 rings (SSSR count). The number of hydrogen-bond acceptors (Lipinski definition) is 7. The molecule has 9 nitrogen and oxygen atoms in total. The number of rotatable bonds is 4. The number of hydrogen-bond donors (Lipinski definition) is 1. The van der Waals surface area contributed by atoms with E-state index in [-0.39, 0.29) is 29.5 Å². The van der Waals surface area contributed by atoms with Gasteiger partial charge in [-0.05, 0) is 38.8 Å². The van der Waals surface area contributed by atoms with Gasteiger partial charge in [0.25, 0.3) is 5.91 Å². The smallest absolute Gasteiger partial charge is 0.364 e. The van der Waals surface area contributed by atoms with Crippen LogP contribution in [0.2, 0.25) is 0 Å². The summed E-state index contributed by atoms with van der Waals surface area (Å²) in [5.74, 6) is -0.0437. The fraction of sp³-hybridized carbons (Fsp3) is 0.400. The van der Waals surface area contributed by atoms with Crippen LogP contribution in [0.5, 0.6) is 0 Å². The number of carbonyl (C=O) groups is 1. The van der Waals surface area contributed by atoms with Gasteiger partial charge in [0.05, 0.1) is 24.8 Å². The summed E-state index contributed by atoms with van der Waals surface area (Å²) in [5.41, 5.74) is 0.343. The quantitative estimate of drug-likeness (QED) is 0.658. The van der Waals surface area contributed by atoms with Crippen LogP contribution >= 0.6 is 0 Å². The Morgan fingerprint density at radius 1 is 1.16 bits per heavy atom. The van der Waals surface area contributed by atoms with Crippen molar-refractivity contribution in [3.8, 4) is 5.69 Å². The van der Waals surface area contributed by atoms with Gasteiger partial charge in [-0.3, -0.25) is 4.79 Å². The molecule has 0 unspecified atom stereocenters. The lowest BCUT2D eigenvalue weighted by molar-refractivity contribution is -0.141. The third-order valence-electron chi connectivity index (χ3n) is 5.37. The average molecular weight is 446 g/mol. The molecule has 3 aromatic rings. The number of pyridine rings is 1. The van der Waals surface area contributed by atoms with Crippen molar-refractivity contribution < 1.29 is 18.0 Å². The third kappa shape index (κ3) is 4.39. The second-order valence-electron chi connectivity index (χ2n) is 7.56. The minimum atomic E-state index is -4.55. The van der Waals surface area contributed by atoms with Crippen molar-refractivity contribution in [2.75, 3.05) is 11.9 Å². The van der Waals surface area contributed by atoms with Crippen molar-refractivity contribution in [3.63, 3.8) is 0 Å². The van der Waals surface area contributed by atoms with Gasteiger partial charge in [-0.2, -0.15) is 23.4 Å². The summed E-state index contributed by atoms with van der Waals surface area (Å²) in [6, 6.07) is 3.05. The Kier molecular flexibility index (Phi) is 5.76. The van der Waals surface area contributed by atoms with Crippen LogP contribution in [0.15, 0.2) is 36.9 Å². The zero-order valence-corrected chi connectivity index (χ0v) is 17.4. The van der Waals surface area contributed by atoms with E-state index in [0.717, 1.165) is 12.6 Å². The molecule has 4 heterocycles. The molecule has 0 aliphatic carbocycles. The maximum absolute atomic E-state index is 13.4. The van der Waals surface area contributed by atoms with Crippen molar-refractivity contribution >= 4 is 11.7 Å². The van der Waals surface area contributed by atoms with Crippen LogP contribution in [0.4, 0.5) is 19.0 Å². The lowest BCUT2D eigenvalue weighted by Gasteiger charge is -2.39. The standard InChI is InChI=1S/C20H21F3N8O/c1-12-5-6-15(31-26-7-8-27-31)18(28-12)19(32)30-9-3-4-14(13(30)2)29-17-11-24-16(10-25-17)20(21,22)23/h5-8,10-11,13-14H,3-4,9H2,1-2H3,(H,25,29)/t13-,14+/m0/s1. The van der Waals surface area contributed by atoms with Gasteiger partial charge in [0.1, 0.15) is 11.5 Å². The molecular formula is C20H21F3N8O. The second-order valence-corrected chi connectivity index (χ2v) is 7.56. The molecule has 1 saturated heterocycles. The lowest BCUT2D eigenvalue weighted by Crippen LogP contribution is -2.52. The maximum atomic E-state index is 13.4. The molecule has 1 N–H and O–H groups in total. The Hall–Kier alpha value is -3.57. The van der Waals surface area contributed by atoms with Gasteiger partial charge in [-0.25, -0.2) is 15.0 Å². The molecule has 1 aliphatic heterocycles. The lowest BCUT2D eigenvalue weighted by atomic mass is 9.96. The molecule has 2 atom stereocenters. The summed E-state index contributed by atoms with van der Waals surface area (Å²) in [5, 5.41) is 11.3. The molecule has 0 bridgehead atoms. The molecule has 3 aromatic heterocycles. The monoisotopic (exact) mass is 446 g/mol. The summed E-state index contributed by atoms with van der Waals surface area (Å²) < 4.78 is 38.2. The number of halogens is 3. The highest BCUT2D eigenvalue weighted by atomic mass is 19.4. The highest BCUT2D eigenvalue weighted by Gasteiger charge is 2.35. The van der Waals surface area contributed by atoms with E-state index in [1.165, 1.54) is 17.2 Å². The molecular weight excluding hydrogens is 425 g/mol. The number of amides is 1. The molecule has 0 saturated carbocycles. The molecule has 1 aliphatic rings. The van der Waals surface area contributed by atoms with Gasteiger partial charge >= 0.3 is 6.18 Å². The number of carbonyl (C=O) groups excluding carboxylic acids is 1. The van der Waals surface area contributed by atoms with Crippen molar-refractivity contribution in [2.24, 2.45) is 0 Å². The molecule has 12 heteroatoms. The van der Waals surface area contributed by atoms with Crippen molar-refractivity contribution in [2.45, 2.75) is 44.9 Å². The van der Waals surface area contributed by atoms with E-state index < -0.39 is 11.9 Å².